The maximum absolute atomic E-state index is 11.7. The SMILES string of the molecule is CC(C)C(C)C(=O)NC(C)(C)C(N)=S. The summed E-state index contributed by atoms with van der Waals surface area (Å²) >= 11 is 4.87. The summed E-state index contributed by atoms with van der Waals surface area (Å²) in [6, 6.07) is 0. The summed E-state index contributed by atoms with van der Waals surface area (Å²) in [5.41, 5.74) is 4.91. The summed E-state index contributed by atoms with van der Waals surface area (Å²) in [6.07, 6.45) is 0. The Bertz CT molecular complexity index is 236. The van der Waals surface area contributed by atoms with Crippen molar-refractivity contribution in [2.24, 2.45) is 17.6 Å². The van der Waals surface area contributed by atoms with E-state index in [1.165, 1.54) is 0 Å². The summed E-state index contributed by atoms with van der Waals surface area (Å²) in [4.78, 5) is 12.0. The molecule has 0 radical (unpaired) electrons. The molecule has 0 bridgehead atoms. The zero-order chi connectivity index (χ0) is 11.5. The largest absolute Gasteiger partial charge is 0.391 e. The van der Waals surface area contributed by atoms with Crippen molar-refractivity contribution >= 4 is 23.1 Å². The molecule has 0 rings (SSSR count). The van der Waals surface area contributed by atoms with Gasteiger partial charge < -0.3 is 11.1 Å². The van der Waals surface area contributed by atoms with Gasteiger partial charge in [-0.1, -0.05) is 33.0 Å². The van der Waals surface area contributed by atoms with Gasteiger partial charge in [-0.2, -0.15) is 0 Å². The van der Waals surface area contributed by atoms with Crippen LogP contribution in [0.1, 0.15) is 34.6 Å². The molecule has 4 heteroatoms. The fourth-order valence-corrected chi connectivity index (χ4v) is 0.837. The summed E-state index contributed by atoms with van der Waals surface area (Å²) in [6.45, 7) is 9.53. The number of nitrogens with one attached hydrogen (secondary N) is 1. The van der Waals surface area contributed by atoms with Crippen LogP contribution in [0.4, 0.5) is 0 Å². The lowest BCUT2D eigenvalue weighted by Gasteiger charge is -2.27. The Morgan fingerprint density at radius 2 is 1.79 bits per heavy atom. The van der Waals surface area contributed by atoms with Gasteiger partial charge in [0.1, 0.15) is 0 Å². The zero-order valence-electron chi connectivity index (χ0n) is 9.55. The minimum absolute atomic E-state index is 0.00204. The third-order valence-corrected chi connectivity index (χ3v) is 2.98. The second-order valence-electron chi connectivity index (χ2n) is 4.51. The smallest absolute Gasteiger partial charge is 0.223 e. The molecule has 0 saturated heterocycles. The van der Waals surface area contributed by atoms with Crippen LogP contribution in [-0.4, -0.2) is 16.4 Å². The van der Waals surface area contributed by atoms with Crippen molar-refractivity contribution in [3.8, 4) is 0 Å². The molecule has 1 atom stereocenters. The van der Waals surface area contributed by atoms with Crippen LogP contribution in [0.15, 0.2) is 0 Å². The summed E-state index contributed by atoms with van der Waals surface area (Å²) in [7, 11) is 0. The van der Waals surface area contributed by atoms with E-state index in [1.54, 1.807) is 13.8 Å². The minimum Gasteiger partial charge on any atom is -0.391 e. The standard InChI is InChI=1S/C10H20N2OS/c1-6(2)7(3)8(13)12-10(4,5)9(11)14/h6-7H,1-5H3,(H2,11,14)(H,12,13). The summed E-state index contributed by atoms with van der Waals surface area (Å²) in [5, 5.41) is 2.83. The van der Waals surface area contributed by atoms with Crippen LogP contribution in [0, 0.1) is 11.8 Å². The van der Waals surface area contributed by atoms with Crippen molar-refractivity contribution in [3.05, 3.63) is 0 Å². The fourth-order valence-electron chi connectivity index (χ4n) is 0.786. The molecule has 14 heavy (non-hydrogen) atoms. The van der Waals surface area contributed by atoms with Crippen LogP contribution in [0.25, 0.3) is 0 Å². The number of rotatable bonds is 4. The number of carbonyl (C=O) groups is 1. The first-order chi connectivity index (χ1) is 6.18. The van der Waals surface area contributed by atoms with Gasteiger partial charge in [0.2, 0.25) is 5.91 Å². The van der Waals surface area contributed by atoms with E-state index < -0.39 is 5.54 Å². The van der Waals surface area contributed by atoms with Crippen molar-refractivity contribution in [1.82, 2.24) is 5.32 Å². The molecule has 1 amide bonds. The highest BCUT2D eigenvalue weighted by Gasteiger charge is 2.26. The second-order valence-corrected chi connectivity index (χ2v) is 4.95. The Kier molecular flexibility index (Phi) is 4.52. The van der Waals surface area contributed by atoms with Crippen LogP contribution in [-0.2, 0) is 4.79 Å². The van der Waals surface area contributed by atoms with E-state index in [0.717, 1.165) is 0 Å². The Morgan fingerprint density at radius 3 is 2.07 bits per heavy atom. The Labute approximate surface area is 91.4 Å². The molecule has 0 aliphatic rings. The average Bonchev–Trinajstić information content (AvgIpc) is 2.01. The second kappa shape index (κ2) is 4.73. The molecule has 0 heterocycles. The number of amides is 1. The number of thiocarbonyl (C=S) groups is 1. The summed E-state index contributed by atoms with van der Waals surface area (Å²) in [5.74, 6) is 0.290. The van der Waals surface area contributed by atoms with E-state index in [9.17, 15) is 4.79 Å². The lowest BCUT2D eigenvalue weighted by Crippen LogP contribution is -2.53. The van der Waals surface area contributed by atoms with E-state index in [4.69, 9.17) is 18.0 Å². The molecule has 0 aliphatic carbocycles. The van der Waals surface area contributed by atoms with Gasteiger partial charge in [0.15, 0.2) is 0 Å². The van der Waals surface area contributed by atoms with Gasteiger partial charge in [-0.3, -0.25) is 4.79 Å². The van der Waals surface area contributed by atoms with Gasteiger partial charge in [-0.25, -0.2) is 0 Å². The third kappa shape index (κ3) is 3.62. The Balaban J connectivity index is 4.40. The molecule has 82 valence electrons. The topological polar surface area (TPSA) is 55.1 Å². The van der Waals surface area contributed by atoms with Crippen molar-refractivity contribution in [2.75, 3.05) is 0 Å². The van der Waals surface area contributed by atoms with E-state index >= 15 is 0 Å². The summed E-state index contributed by atoms with van der Waals surface area (Å²) < 4.78 is 0. The first-order valence-corrected chi connectivity index (χ1v) is 5.21. The van der Waals surface area contributed by atoms with Crippen LogP contribution in [0.2, 0.25) is 0 Å². The molecular weight excluding hydrogens is 196 g/mol. The lowest BCUT2D eigenvalue weighted by molar-refractivity contribution is -0.126. The Morgan fingerprint density at radius 1 is 1.36 bits per heavy atom. The quantitative estimate of drug-likeness (QED) is 0.700. The predicted octanol–water partition coefficient (Wildman–Crippen LogP) is 1.46. The lowest BCUT2D eigenvalue weighted by atomic mass is 9.95. The molecule has 3 N–H and O–H groups in total. The molecular formula is C10H20N2OS. The molecule has 0 aromatic rings. The fraction of sp³-hybridized carbons (Fsp3) is 0.800. The highest BCUT2D eigenvalue weighted by molar-refractivity contribution is 7.80. The van der Waals surface area contributed by atoms with Crippen molar-refractivity contribution in [3.63, 3.8) is 0 Å². The van der Waals surface area contributed by atoms with Gasteiger partial charge >= 0.3 is 0 Å². The number of hydrogen-bond acceptors (Lipinski definition) is 2. The maximum atomic E-state index is 11.7. The molecule has 0 saturated carbocycles. The van der Waals surface area contributed by atoms with Gasteiger partial charge in [-0.05, 0) is 19.8 Å². The highest BCUT2D eigenvalue weighted by Crippen LogP contribution is 2.12. The normalized spacial score (nSPS) is 13.9. The number of carbonyl (C=O) groups excluding carboxylic acids is 1. The van der Waals surface area contributed by atoms with Gasteiger partial charge in [0.25, 0.3) is 0 Å². The van der Waals surface area contributed by atoms with E-state index in [2.05, 4.69) is 5.32 Å². The molecule has 1 unspecified atom stereocenters. The van der Waals surface area contributed by atoms with E-state index in [0.29, 0.717) is 10.9 Å². The van der Waals surface area contributed by atoms with Crippen molar-refractivity contribution in [1.29, 1.82) is 0 Å². The molecule has 0 fully saturated rings. The highest BCUT2D eigenvalue weighted by atomic mass is 32.1. The van der Waals surface area contributed by atoms with Crippen LogP contribution in [0.3, 0.4) is 0 Å². The molecule has 0 aliphatic heterocycles. The van der Waals surface area contributed by atoms with Crippen molar-refractivity contribution in [2.45, 2.75) is 40.2 Å². The number of hydrogen-bond donors (Lipinski definition) is 2. The van der Waals surface area contributed by atoms with Crippen LogP contribution < -0.4 is 11.1 Å². The zero-order valence-corrected chi connectivity index (χ0v) is 10.4. The molecule has 0 aromatic heterocycles. The average molecular weight is 216 g/mol. The van der Waals surface area contributed by atoms with Gasteiger partial charge in [-0.15, -0.1) is 0 Å². The van der Waals surface area contributed by atoms with E-state index in [1.807, 2.05) is 20.8 Å². The van der Waals surface area contributed by atoms with Crippen LogP contribution >= 0.6 is 12.2 Å². The minimum atomic E-state index is -0.602. The van der Waals surface area contributed by atoms with E-state index in [-0.39, 0.29) is 11.8 Å². The first-order valence-electron chi connectivity index (χ1n) is 4.80. The van der Waals surface area contributed by atoms with Crippen molar-refractivity contribution < 1.29 is 4.79 Å². The molecule has 0 aromatic carbocycles. The first kappa shape index (κ1) is 13.4. The molecule has 0 spiro atoms. The Hall–Kier alpha value is -0.640. The maximum Gasteiger partial charge on any atom is 0.223 e. The third-order valence-electron chi connectivity index (χ3n) is 2.47. The number of nitrogens with two attached hydrogens (primary N) is 1. The van der Waals surface area contributed by atoms with Crippen LogP contribution in [0.5, 0.6) is 0 Å². The van der Waals surface area contributed by atoms with Gasteiger partial charge in [0, 0.05) is 5.92 Å². The monoisotopic (exact) mass is 216 g/mol. The van der Waals surface area contributed by atoms with Gasteiger partial charge in [0.05, 0.1) is 10.5 Å². The predicted molar refractivity (Wildman–Crippen MR) is 63.0 cm³/mol. The molecule has 3 nitrogen and oxygen atoms in total.